The molecule has 0 saturated heterocycles. The summed E-state index contributed by atoms with van der Waals surface area (Å²) in [4.78, 5) is 15.0. The van der Waals surface area contributed by atoms with Gasteiger partial charge in [-0.3, -0.25) is 4.79 Å². The van der Waals surface area contributed by atoms with E-state index in [-0.39, 0.29) is 11.8 Å². The fraction of sp³-hybridized carbons (Fsp3) is 0.357. The first-order valence-corrected chi connectivity index (χ1v) is 7.99. The number of amides is 1. The van der Waals surface area contributed by atoms with Gasteiger partial charge in [-0.2, -0.15) is 0 Å². The highest BCUT2D eigenvalue weighted by Gasteiger charge is 2.67. The Hall–Kier alpha value is -1.21. The van der Waals surface area contributed by atoms with Gasteiger partial charge < -0.3 is 10.1 Å². The minimum absolute atomic E-state index is 0.0826. The van der Waals surface area contributed by atoms with E-state index in [9.17, 15) is 9.90 Å². The van der Waals surface area contributed by atoms with E-state index in [1.807, 2.05) is 32.0 Å². The number of azo groups is 1. The van der Waals surface area contributed by atoms with E-state index in [4.69, 9.17) is 0 Å². The van der Waals surface area contributed by atoms with Gasteiger partial charge in [0.25, 0.3) is 5.91 Å². The van der Waals surface area contributed by atoms with Crippen LogP contribution < -0.4 is 0 Å². The lowest BCUT2D eigenvalue weighted by molar-refractivity contribution is -0.122. The molecule has 1 aliphatic carbocycles. The van der Waals surface area contributed by atoms with Gasteiger partial charge in [0.15, 0.2) is 5.69 Å². The van der Waals surface area contributed by atoms with Crippen molar-refractivity contribution in [2.45, 2.75) is 23.5 Å². The number of rotatable bonds is 2. The van der Waals surface area contributed by atoms with Gasteiger partial charge in [0.2, 0.25) is 5.88 Å². The number of aryl methyl sites for hydroxylation is 1. The maximum atomic E-state index is 12.1. The number of aromatic amines is 1. The fourth-order valence-corrected chi connectivity index (χ4v) is 3.74. The fourth-order valence-electron chi connectivity index (χ4n) is 2.28. The Kier molecular flexibility index (Phi) is 3.25. The molecule has 5 nitrogen and oxygen atoms in total. The zero-order valence-electron chi connectivity index (χ0n) is 11.4. The van der Waals surface area contributed by atoms with Crippen molar-refractivity contribution in [1.82, 2.24) is 4.98 Å². The van der Waals surface area contributed by atoms with Gasteiger partial charge in [0.05, 0.1) is 14.2 Å². The molecule has 1 aromatic carbocycles. The van der Waals surface area contributed by atoms with E-state index in [1.165, 1.54) is 0 Å². The van der Waals surface area contributed by atoms with Crippen molar-refractivity contribution >= 4 is 54.4 Å². The van der Waals surface area contributed by atoms with Gasteiger partial charge >= 0.3 is 0 Å². The lowest BCUT2D eigenvalue weighted by atomic mass is 10.1. The number of nitrogens with zero attached hydrogens (tertiary/aromatic N) is 2. The Morgan fingerprint density at radius 3 is 2.71 bits per heavy atom. The molecule has 1 aromatic heterocycles. The number of para-hydroxylation sites is 1. The minimum Gasteiger partial charge on any atom is -0.493 e. The zero-order valence-corrected chi connectivity index (χ0v) is 14.6. The molecule has 1 fully saturated rings. The molecule has 0 aliphatic heterocycles. The summed E-state index contributed by atoms with van der Waals surface area (Å²) in [5.74, 6) is -0.404. The molecule has 1 aliphatic rings. The van der Waals surface area contributed by atoms with Crippen LogP contribution in [0.25, 0.3) is 10.9 Å². The molecule has 3 rings (SSSR count). The Labute approximate surface area is 138 Å². The smallest absolute Gasteiger partial charge is 0.272 e. The van der Waals surface area contributed by atoms with Crippen LogP contribution in [0, 0.1) is 12.3 Å². The molecule has 21 heavy (non-hydrogen) atoms. The standard InChI is InChI=1S/C14H13Br2N3O2/c1-7-4-3-5-8-9(7)17-11(20)10(8)18-19-12(21)13(2)6-14(13,15)16/h3-5,17,20H,6H2,1-2H3/t13-/m1/s1. The average molecular weight is 415 g/mol. The van der Waals surface area contributed by atoms with Crippen LogP contribution in [-0.2, 0) is 4.79 Å². The van der Waals surface area contributed by atoms with E-state index in [2.05, 4.69) is 47.1 Å². The molecule has 0 radical (unpaired) electrons. The second kappa shape index (κ2) is 4.64. The predicted octanol–water partition coefficient (Wildman–Crippen LogP) is 4.69. The molecule has 1 amide bonds. The number of aromatic nitrogens is 1. The van der Waals surface area contributed by atoms with Gasteiger partial charge in [0.1, 0.15) is 0 Å². The largest absolute Gasteiger partial charge is 0.493 e. The molecule has 1 atom stereocenters. The van der Waals surface area contributed by atoms with Crippen LogP contribution in [0.3, 0.4) is 0 Å². The lowest BCUT2D eigenvalue weighted by Gasteiger charge is -2.05. The molecule has 0 bridgehead atoms. The van der Waals surface area contributed by atoms with Crippen molar-refractivity contribution in [1.29, 1.82) is 0 Å². The highest BCUT2D eigenvalue weighted by molar-refractivity contribution is 9.25. The molecule has 7 heteroatoms. The Balaban J connectivity index is 1.96. The first-order chi connectivity index (χ1) is 9.76. The van der Waals surface area contributed by atoms with Gasteiger partial charge in [-0.05, 0) is 25.8 Å². The third-order valence-electron chi connectivity index (χ3n) is 3.97. The number of H-pyrrole nitrogens is 1. The molecular weight excluding hydrogens is 402 g/mol. The highest BCUT2D eigenvalue weighted by atomic mass is 79.9. The van der Waals surface area contributed by atoms with E-state index >= 15 is 0 Å². The van der Waals surface area contributed by atoms with E-state index in [0.29, 0.717) is 12.1 Å². The molecule has 110 valence electrons. The third kappa shape index (κ3) is 2.23. The second-order valence-corrected chi connectivity index (χ2v) is 9.31. The topological polar surface area (TPSA) is 77.8 Å². The van der Waals surface area contributed by atoms with E-state index in [1.54, 1.807) is 0 Å². The van der Waals surface area contributed by atoms with Crippen LogP contribution in [-0.4, -0.2) is 19.2 Å². The number of halogens is 2. The van der Waals surface area contributed by atoms with Gasteiger partial charge in [-0.25, -0.2) is 0 Å². The average Bonchev–Trinajstić information content (AvgIpc) is 2.76. The monoisotopic (exact) mass is 413 g/mol. The van der Waals surface area contributed by atoms with Crippen LogP contribution in [0.1, 0.15) is 18.9 Å². The van der Waals surface area contributed by atoms with Crippen LogP contribution in [0.4, 0.5) is 5.69 Å². The molecule has 2 N–H and O–H groups in total. The first-order valence-electron chi connectivity index (χ1n) is 6.40. The van der Waals surface area contributed by atoms with Crippen molar-refractivity contribution in [3.8, 4) is 5.88 Å². The first kappa shape index (κ1) is 14.7. The minimum atomic E-state index is -0.603. The van der Waals surface area contributed by atoms with Crippen molar-refractivity contribution in [3.63, 3.8) is 0 Å². The number of aromatic hydroxyl groups is 1. The quantitative estimate of drug-likeness (QED) is 0.552. The molecule has 1 heterocycles. The summed E-state index contributed by atoms with van der Waals surface area (Å²) in [5.41, 5.74) is 1.48. The van der Waals surface area contributed by atoms with E-state index < -0.39 is 8.65 Å². The van der Waals surface area contributed by atoms with Crippen LogP contribution in [0.15, 0.2) is 28.4 Å². The van der Waals surface area contributed by atoms with Crippen molar-refractivity contribution in [2.75, 3.05) is 0 Å². The van der Waals surface area contributed by atoms with Crippen molar-refractivity contribution in [3.05, 3.63) is 23.8 Å². The lowest BCUT2D eigenvalue weighted by Crippen LogP contribution is -2.14. The SMILES string of the molecule is Cc1cccc2c(N=NC(=O)[C@@]3(C)CC3(Br)Br)c(O)[nH]c12. The summed E-state index contributed by atoms with van der Waals surface area (Å²) < 4.78 is -0.401. The Morgan fingerprint density at radius 1 is 1.43 bits per heavy atom. The van der Waals surface area contributed by atoms with E-state index in [0.717, 1.165) is 16.5 Å². The van der Waals surface area contributed by atoms with Gasteiger partial charge in [-0.15, -0.1) is 10.2 Å². The molecule has 0 unspecified atom stereocenters. The summed E-state index contributed by atoms with van der Waals surface area (Å²) >= 11 is 6.86. The molecular formula is C14H13Br2N3O2. The summed E-state index contributed by atoms with van der Waals surface area (Å²) in [7, 11) is 0. The van der Waals surface area contributed by atoms with Crippen LogP contribution >= 0.6 is 31.9 Å². The summed E-state index contributed by atoms with van der Waals surface area (Å²) in [6, 6.07) is 5.63. The summed E-state index contributed by atoms with van der Waals surface area (Å²) in [6.07, 6.45) is 0.650. The summed E-state index contributed by atoms with van der Waals surface area (Å²) in [6.45, 7) is 3.75. The molecule has 1 saturated carbocycles. The number of carbonyl (C=O) groups is 1. The zero-order chi connectivity index (χ0) is 15.4. The maximum absolute atomic E-state index is 12.1. The predicted molar refractivity (Wildman–Crippen MR) is 87.5 cm³/mol. The Bertz CT molecular complexity index is 782. The number of alkyl halides is 2. The number of hydrogen-bond donors (Lipinski definition) is 2. The van der Waals surface area contributed by atoms with Crippen molar-refractivity contribution in [2.24, 2.45) is 15.6 Å². The molecule has 0 spiro atoms. The number of hydrogen-bond acceptors (Lipinski definition) is 3. The number of benzene rings is 1. The molecule has 2 aromatic rings. The van der Waals surface area contributed by atoms with Crippen molar-refractivity contribution < 1.29 is 9.90 Å². The van der Waals surface area contributed by atoms with Gasteiger partial charge in [0, 0.05) is 5.39 Å². The maximum Gasteiger partial charge on any atom is 0.272 e. The number of fused-ring (bicyclic) bond motifs is 1. The third-order valence-corrected chi connectivity index (χ3v) is 6.28. The van der Waals surface area contributed by atoms with Crippen LogP contribution in [0.5, 0.6) is 5.88 Å². The normalized spacial score (nSPS) is 23.8. The Morgan fingerprint density at radius 2 is 2.10 bits per heavy atom. The van der Waals surface area contributed by atoms with Gasteiger partial charge in [-0.1, -0.05) is 50.1 Å². The second-order valence-electron chi connectivity index (χ2n) is 5.54. The number of carbonyl (C=O) groups excluding carboxylic acids is 1. The summed E-state index contributed by atoms with van der Waals surface area (Å²) in [5, 5.41) is 18.4. The van der Waals surface area contributed by atoms with Crippen LogP contribution in [0.2, 0.25) is 0 Å². The highest BCUT2D eigenvalue weighted by Crippen LogP contribution is 2.66. The number of nitrogens with one attached hydrogen (secondary N) is 1.